The van der Waals surface area contributed by atoms with Gasteiger partial charge in [0.2, 0.25) is 0 Å². The van der Waals surface area contributed by atoms with Crippen molar-refractivity contribution in [3.05, 3.63) is 40.4 Å². The van der Waals surface area contributed by atoms with Crippen LogP contribution in [0, 0.1) is 6.92 Å². The van der Waals surface area contributed by atoms with E-state index < -0.39 is 0 Å². The predicted molar refractivity (Wildman–Crippen MR) is 56.9 cm³/mol. The van der Waals surface area contributed by atoms with Crippen LogP contribution in [0.5, 0.6) is 0 Å². The maximum absolute atomic E-state index is 8.59. The Morgan fingerprint density at radius 1 is 1.46 bits per heavy atom. The lowest BCUT2D eigenvalue weighted by molar-refractivity contribution is 0.303. The van der Waals surface area contributed by atoms with Crippen LogP contribution in [-0.2, 0) is 0 Å². The topological polar surface area (TPSA) is 20.2 Å². The highest BCUT2D eigenvalue weighted by Gasteiger charge is 1.97. The second-order valence-electron chi connectivity index (χ2n) is 2.87. The molecule has 0 bridgehead atoms. The van der Waals surface area contributed by atoms with Gasteiger partial charge in [-0.25, -0.2) is 0 Å². The van der Waals surface area contributed by atoms with E-state index in [2.05, 4.69) is 0 Å². The minimum Gasteiger partial charge on any atom is -0.396 e. The zero-order chi connectivity index (χ0) is 9.68. The summed E-state index contributed by atoms with van der Waals surface area (Å²) in [6.07, 6.45) is 4.61. The number of hydrogen-bond acceptors (Lipinski definition) is 1. The van der Waals surface area contributed by atoms with Crippen molar-refractivity contribution in [1.82, 2.24) is 0 Å². The van der Waals surface area contributed by atoms with Gasteiger partial charge < -0.3 is 5.11 Å². The molecule has 0 aliphatic rings. The van der Waals surface area contributed by atoms with Crippen LogP contribution in [0.25, 0.3) is 6.08 Å². The highest BCUT2D eigenvalue weighted by molar-refractivity contribution is 6.31. The van der Waals surface area contributed by atoms with Crippen molar-refractivity contribution in [1.29, 1.82) is 0 Å². The predicted octanol–water partition coefficient (Wildman–Crippen LogP) is 3.04. The van der Waals surface area contributed by atoms with Crippen LogP contribution < -0.4 is 0 Å². The average Bonchev–Trinajstić information content (AvgIpc) is 2.13. The smallest absolute Gasteiger partial charge is 0.0465 e. The molecule has 0 heterocycles. The van der Waals surface area contributed by atoms with Crippen LogP contribution in [0.1, 0.15) is 17.5 Å². The maximum Gasteiger partial charge on any atom is 0.0465 e. The fourth-order valence-corrected chi connectivity index (χ4v) is 1.27. The largest absolute Gasteiger partial charge is 0.396 e. The van der Waals surface area contributed by atoms with Gasteiger partial charge in [0.1, 0.15) is 0 Å². The van der Waals surface area contributed by atoms with Gasteiger partial charge in [-0.3, -0.25) is 0 Å². The normalized spacial score (nSPS) is 11.0. The molecule has 0 aliphatic carbocycles. The summed E-state index contributed by atoms with van der Waals surface area (Å²) in [5.74, 6) is 0. The minimum atomic E-state index is 0.191. The van der Waals surface area contributed by atoms with Crippen molar-refractivity contribution in [2.24, 2.45) is 0 Å². The summed E-state index contributed by atoms with van der Waals surface area (Å²) >= 11 is 5.94. The van der Waals surface area contributed by atoms with Crippen molar-refractivity contribution >= 4 is 17.7 Å². The lowest BCUT2D eigenvalue weighted by Gasteiger charge is -2.01. The van der Waals surface area contributed by atoms with Gasteiger partial charge in [0.25, 0.3) is 0 Å². The van der Waals surface area contributed by atoms with Crippen LogP contribution in [0.3, 0.4) is 0 Å². The molecule has 0 aromatic heterocycles. The van der Waals surface area contributed by atoms with E-state index in [1.165, 1.54) is 0 Å². The molecule has 0 spiro atoms. The Morgan fingerprint density at radius 3 is 2.92 bits per heavy atom. The molecule has 13 heavy (non-hydrogen) atoms. The monoisotopic (exact) mass is 196 g/mol. The second kappa shape index (κ2) is 5.05. The Hall–Kier alpha value is -0.790. The third-order valence-corrected chi connectivity index (χ3v) is 2.31. The van der Waals surface area contributed by atoms with E-state index in [-0.39, 0.29) is 6.61 Å². The molecule has 0 saturated carbocycles. The summed E-state index contributed by atoms with van der Waals surface area (Å²) < 4.78 is 0. The van der Waals surface area contributed by atoms with E-state index in [4.69, 9.17) is 16.7 Å². The second-order valence-corrected chi connectivity index (χ2v) is 3.28. The first-order valence-electron chi connectivity index (χ1n) is 4.28. The lowest BCUT2D eigenvalue weighted by atomic mass is 10.1. The molecule has 0 unspecified atom stereocenters. The van der Waals surface area contributed by atoms with Crippen molar-refractivity contribution in [3.8, 4) is 0 Å². The van der Waals surface area contributed by atoms with Crippen molar-refractivity contribution in [2.45, 2.75) is 13.3 Å². The van der Waals surface area contributed by atoms with E-state index in [1.807, 2.05) is 37.3 Å². The third kappa shape index (κ3) is 2.87. The highest BCUT2D eigenvalue weighted by atomic mass is 35.5. The Kier molecular flexibility index (Phi) is 4.00. The fraction of sp³-hybridized carbons (Fsp3) is 0.273. The zero-order valence-electron chi connectivity index (χ0n) is 7.63. The summed E-state index contributed by atoms with van der Waals surface area (Å²) in [5, 5.41) is 9.37. The van der Waals surface area contributed by atoms with Gasteiger partial charge in [-0.05, 0) is 30.5 Å². The molecule has 0 amide bonds. The SMILES string of the molecule is Cc1c(Cl)cccc1C=CCCO. The van der Waals surface area contributed by atoms with Gasteiger partial charge in [-0.1, -0.05) is 35.9 Å². The number of rotatable bonds is 3. The average molecular weight is 197 g/mol. The van der Waals surface area contributed by atoms with Gasteiger partial charge in [0.15, 0.2) is 0 Å². The number of aliphatic hydroxyl groups excluding tert-OH is 1. The summed E-state index contributed by atoms with van der Waals surface area (Å²) in [4.78, 5) is 0. The third-order valence-electron chi connectivity index (χ3n) is 1.90. The molecule has 2 heteroatoms. The lowest BCUT2D eigenvalue weighted by Crippen LogP contribution is -1.82. The summed E-state index contributed by atoms with van der Waals surface area (Å²) in [6, 6.07) is 5.81. The molecule has 1 aromatic carbocycles. The van der Waals surface area contributed by atoms with Crippen LogP contribution in [0.4, 0.5) is 0 Å². The van der Waals surface area contributed by atoms with Crippen molar-refractivity contribution < 1.29 is 5.11 Å². The molecule has 1 nitrogen and oxygen atoms in total. The van der Waals surface area contributed by atoms with Gasteiger partial charge in [-0.15, -0.1) is 0 Å². The molecule has 1 rings (SSSR count). The number of hydrogen-bond donors (Lipinski definition) is 1. The molecule has 0 radical (unpaired) electrons. The van der Waals surface area contributed by atoms with Gasteiger partial charge in [0.05, 0.1) is 0 Å². The zero-order valence-corrected chi connectivity index (χ0v) is 8.38. The van der Waals surface area contributed by atoms with Crippen molar-refractivity contribution in [3.63, 3.8) is 0 Å². The van der Waals surface area contributed by atoms with Gasteiger partial charge in [0, 0.05) is 11.6 Å². The van der Waals surface area contributed by atoms with Gasteiger partial charge >= 0.3 is 0 Å². The molecule has 70 valence electrons. The minimum absolute atomic E-state index is 0.191. The molecule has 0 fully saturated rings. The molecule has 0 atom stereocenters. The Bertz CT molecular complexity index is 305. The molecular weight excluding hydrogens is 184 g/mol. The van der Waals surface area contributed by atoms with Crippen LogP contribution in [-0.4, -0.2) is 11.7 Å². The number of halogens is 1. The fourth-order valence-electron chi connectivity index (χ4n) is 1.09. The van der Waals surface area contributed by atoms with E-state index in [9.17, 15) is 0 Å². The van der Waals surface area contributed by atoms with Gasteiger partial charge in [-0.2, -0.15) is 0 Å². The standard InChI is InChI=1S/C11H13ClO/c1-9-10(5-2-3-8-13)6-4-7-11(9)12/h2,4-7,13H,3,8H2,1H3. The first kappa shape index (κ1) is 10.3. The molecule has 1 aromatic rings. The van der Waals surface area contributed by atoms with Crippen LogP contribution in [0.2, 0.25) is 5.02 Å². The summed E-state index contributed by atoms with van der Waals surface area (Å²) in [7, 11) is 0. The molecule has 0 aliphatic heterocycles. The summed E-state index contributed by atoms with van der Waals surface area (Å²) in [5.41, 5.74) is 2.19. The number of benzene rings is 1. The maximum atomic E-state index is 8.59. The Balaban J connectivity index is 2.83. The van der Waals surface area contributed by atoms with E-state index in [1.54, 1.807) is 0 Å². The van der Waals surface area contributed by atoms with E-state index in [0.717, 1.165) is 16.1 Å². The van der Waals surface area contributed by atoms with Crippen molar-refractivity contribution in [2.75, 3.05) is 6.61 Å². The summed E-state index contributed by atoms with van der Waals surface area (Å²) in [6.45, 7) is 2.18. The quantitative estimate of drug-likeness (QED) is 0.788. The van der Waals surface area contributed by atoms with Crippen LogP contribution >= 0.6 is 11.6 Å². The van der Waals surface area contributed by atoms with E-state index >= 15 is 0 Å². The molecule has 0 saturated heterocycles. The number of aliphatic hydroxyl groups is 1. The Labute approximate surface area is 83.7 Å². The highest BCUT2D eigenvalue weighted by Crippen LogP contribution is 2.19. The van der Waals surface area contributed by atoms with Crippen LogP contribution in [0.15, 0.2) is 24.3 Å². The first-order valence-corrected chi connectivity index (χ1v) is 4.66. The Morgan fingerprint density at radius 2 is 2.23 bits per heavy atom. The molecule has 1 N–H and O–H groups in total. The molecular formula is C11H13ClO. The van der Waals surface area contributed by atoms with E-state index in [0.29, 0.717) is 6.42 Å². The first-order chi connectivity index (χ1) is 6.25.